The number of halogens is 2. The van der Waals surface area contributed by atoms with Crippen molar-refractivity contribution in [2.75, 3.05) is 18.0 Å². The van der Waals surface area contributed by atoms with Crippen molar-refractivity contribution in [1.82, 2.24) is 0 Å². The Morgan fingerprint density at radius 2 is 2.15 bits per heavy atom. The van der Waals surface area contributed by atoms with Gasteiger partial charge in [0.25, 0.3) is 0 Å². The summed E-state index contributed by atoms with van der Waals surface area (Å²) in [7, 11) is 0. The topological polar surface area (TPSA) is 44.9 Å². The van der Waals surface area contributed by atoms with E-state index in [0.29, 0.717) is 17.8 Å². The van der Waals surface area contributed by atoms with Gasteiger partial charge in [0.1, 0.15) is 11.4 Å². The number of carbonyl (C=O) groups is 1. The fraction of sp³-hybridized carbons (Fsp3) is 0.300. The molecule has 3 rings (SSSR count). The Morgan fingerprint density at radius 3 is 2.85 bits per heavy atom. The van der Waals surface area contributed by atoms with E-state index in [0.717, 1.165) is 17.7 Å². The summed E-state index contributed by atoms with van der Waals surface area (Å²) in [6, 6.07) is 9.39. The van der Waals surface area contributed by atoms with Crippen molar-refractivity contribution in [3.63, 3.8) is 0 Å². The Labute approximate surface area is 156 Å². The number of carbonyl (C=O) groups excluding carboxylic acids is 1. The summed E-state index contributed by atoms with van der Waals surface area (Å²) in [5.74, 6) is -0.690. The summed E-state index contributed by atoms with van der Waals surface area (Å²) in [6.07, 6.45) is 0.766. The molecule has 134 valence electrons. The summed E-state index contributed by atoms with van der Waals surface area (Å²) < 4.78 is 13.5. The molecule has 4 nitrogen and oxygen atoms in total. The minimum atomic E-state index is -1.58. The van der Waals surface area contributed by atoms with Gasteiger partial charge in [0, 0.05) is 23.7 Å². The van der Waals surface area contributed by atoms with Crippen LogP contribution in [0.3, 0.4) is 0 Å². The fourth-order valence-corrected chi connectivity index (χ4v) is 3.41. The minimum absolute atomic E-state index is 0.00878. The molecule has 2 aromatic carbocycles. The number of fused-ring (bicyclic) bond motifs is 1. The molecule has 0 aromatic heterocycles. The van der Waals surface area contributed by atoms with Crippen LogP contribution in [0.25, 0.3) is 4.85 Å². The van der Waals surface area contributed by atoms with E-state index in [9.17, 15) is 14.3 Å². The number of β-amino-alcohol motifs (C(OH)–C–C–N with tert-alkyl or cyclic N) is 1. The first-order valence-electron chi connectivity index (χ1n) is 8.25. The Kier molecular flexibility index (Phi) is 4.99. The van der Waals surface area contributed by atoms with Crippen molar-refractivity contribution in [3.05, 3.63) is 69.8 Å². The van der Waals surface area contributed by atoms with Crippen LogP contribution in [-0.2, 0) is 17.6 Å². The molecule has 6 heteroatoms. The lowest BCUT2D eigenvalue weighted by molar-refractivity contribution is -0.134. The van der Waals surface area contributed by atoms with Gasteiger partial charge in [0.2, 0.25) is 5.69 Å². The molecule has 0 bridgehead atoms. The summed E-state index contributed by atoms with van der Waals surface area (Å²) in [4.78, 5) is 17.7. The molecule has 1 N–H and O–H groups in total. The van der Waals surface area contributed by atoms with E-state index >= 15 is 0 Å². The van der Waals surface area contributed by atoms with E-state index in [1.165, 1.54) is 19.1 Å². The molecule has 0 saturated carbocycles. The van der Waals surface area contributed by atoms with Crippen molar-refractivity contribution in [2.24, 2.45) is 0 Å². The third kappa shape index (κ3) is 3.72. The summed E-state index contributed by atoms with van der Waals surface area (Å²) >= 11 is 6.00. The van der Waals surface area contributed by atoms with Gasteiger partial charge in [-0.2, -0.15) is 0 Å². The molecule has 1 atom stereocenters. The molecule has 1 heterocycles. The molecule has 0 spiro atoms. The number of nitrogens with zero attached hydrogens (tertiary/aromatic N) is 2. The lowest BCUT2D eigenvalue weighted by Crippen LogP contribution is -2.47. The Balaban J connectivity index is 1.73. The van der Waals surface area contributed by atoms with Crippen molar-refractivity contribution >= 4 is 28.8 Å². The highest BCUT2D eigenvalue weighted by Crippen LogP contribution is 2.31. The van der Waals surface area contributed by atoms with Crippen molar-refractivity contribution in [1.29, 1.82) is 0 Å². The SMILES string of the molecule is [C-]#[N+]c1ccc(CC(=O)[C@@](C)(O)CN2CCc3ccc(F)cc32)cc1Cl. The van der Waals surface area contributed by atoms with Crippen LogP contribution in [-0.4, -0.2) is 29.6 Å². The number of hydrogen-bond donors (Lipinski definition) is 1. The van der Waals surface area contributed by atoms with Gasteiger partial charge in [-0.25, -0.2) is 9.24 Å². The molecule has 0 saturated heterocycles. The van der Waals surface area contributed by atoms with Crippen LogP contribution < -0.4 is 4.90 Å². The molecule has 26 heavy (non-hydrogen) atoms. The van der Waals surface area contributed by atoms with Gasteiger partial charge in [0.05, 0.1) is 13.1 Å². The molecule has 0 unspecified atom stereocenters. The molecular weight excluding hydrogens is 355 g/mol. The van der Waals surface area contributed by atoms with Crippen LogP contribution >= 0.6 is 11.6 Å². The molecule has 0 radical (unpaired) electrons. The zero-order chi connectivity index (χ0) is 18.9. The lowest BCUT2D eigenvalue weighted by Gasteiger charge is -2.29. The quantitative estimate of drug-likeness (QED) is 0.808. The van der Waals surface area contributed by atoms with Gasteiger partial charge in [-0.15, -0.1) is 0 Å². The maximum atomic E-state index is 13.5. The zero-order valence-corrected chi connectivity index (χ0v) is 15.1. The van der Waals surface area contributed by atoms with Gasteiger partial charge in [-0.1, -0.05) is 35.9 Å². The van der Waals surface area contributed by atoms with E-state index in [1.54, 1.807) is 24.3 Å². The number of aliphatic hydroxyl groups is 1. The Bertz CT molecular complexity index is 905. The van der Waals surface area contributed by atoms with Crippen LogP contribution in [0.2, 0.25) is 5.02 Å². The summed E-state index contributed by atoms with van der Waals surface area (Å²) in [5.41, 5.74) is 1.11. The van der Waals surface area contributed by atoms with Crippen LogP contribution in [0.1, 0.15) is 18.1 Å². The highest BCUT2D eigenvalue weighted by molar-refractivity contribution is 6.33. The first-order chi connectivity index (χ1) is 12.3. The third-order valence-corrected chi connectivity index (χ3v) is 4.94. The maximum absolute atomic E-state index is 13.5. The largest absolute Gasteiger partial charge is 0.380 e. The highest BCUT2D eigenvalue weighted by atomic mass is 35.5. The predicted molar refractivity (Wildman–Crippen MR) is 99.4 cm³/mol. The lowest BCUT2D eigenvalue weighted by atomic mass is 9.94. The van der Waals surface area contributed by atoms with Gasteiger partial charge in [-0.05, 0) is 36.6 Å². The molecule has 2 aromatic rings. The molecule has 1 aliphatic rings. The second-order valence-electron chi connectivity index (χ2n) is 6.72. The Hall–Kier alpha value is -2.42. The first kappa shape index (κ1) is 18.4. The summed E-state index contributed by atoms with van der Waals surface area (Å²) in [6.45, 7) is 9.20. The van der Waals surface area contributed by atoms with Crippen molar-refractivity contribution in [2.45, 2.75) is 25.4 Å². The number of Topliss-reactive ketones (excluding diaryl/α,β-unsaturated/α-hetero) is 1. The number of anilines is 1. The van der Waals surface area contributed by atoms with Crippen LogP contribution in [0.5, 0.6) is 0 Å². The van der Waals surface area contributed by atoms with E-state index in [4.69, 9.17) is 18.2 Å². The third-order valence-electron chi connectivity index (χ3n) is 4.64. The van der Waals surface area contributed by atoms with Crippen molar-refractivity contribution < 1.29 is 14.3 Å². The monoisotopic (exact) mass is 372 g/mol. The number of rotatable bonds is 5. The predicted octanol–water partition coefficient (Wildman–Crippen LogP) is 3.96. The molecular formula is C20H18ClFN2O2. The molecule has 0 aliphatic carbocycles. The average Bonchev–Trinajstić information content (AvgIpc) is 2.96. The molecule has 0 fully saturated rings. The first-order valence-corrected chi connectivity index (χ1v) is 8.63. The Morgan fingerprint density at radius 1 is 1.38 bits per heavy atom. The van der Waals surface area contributed by atoms with Crippen molar-refractivity contribution in [3.8, 4) is 0 Å². The van der Waals surface area contributed by atoms with E-state index in [-0.39, 0.29) is 29.6 Å². The van der Waals surface area contributed by atoms with Crippen LogP contribution in [0.4, 0.5) is 15.8 Å². The van der Waals surface area contributed by atoms with E-state index < -0.39 is 5.60 Å². The average molecular weight is 373 g/mol. The van der Waals surface area contributed by atoms with E-state index in [2.05, 4.69) is 4.85 Å². The second-order valence-corrected chi connectivity index (χ2v) is 7.12. The highest BCUT2D eigenvalue weighted by Gasteiger charge is 2.34. The van der Waals surface area contributed by atoms with Crippen LogP contribution in [0.15, 0.2) is 36.4 Å². The number of ketones is 1. The number of benzene rings is 2. The molecule has 0 amide bonds. The van der Waals surface area contributed by atoms with Gasteiger partial charge in [0.15, 0.2) is 5.78 Å². The summed E-state index contributed by atoms with van der Waals surface area (Å²) in [5, 5.41) is 11.0. The maximum Gasteiger partial charge on any atom is 0.205 e. The van der Waals surface area contributed by atoms with E-state index in [1.807, 2.05) is 4.90 Å². The van der Waals surface area contributed by atoms with Crippen LogP contribution in [0, 0.1) is 12.4 Å². The normalized spacial score (nSPS) is 15.3. The molecule has 1 aliphatic heterocycles. The minimum Gasteiger partial charge on any atom is -0.380 e. The van der Waals surface area contributed by atoms with Gasteiger partial charge < -0.3 is 10.0 Å². The standard InChI is InChI=1S/C20H18ClFN2O2/c1-20(26,12-24-8-7-14-4-5-15(22)11-18(14)24)19(25)10-13-3-6-17(23-2)16(21)9-13/h3-6,9,11,26H,7-8,10,12H2,1H3/t20-/m0/s1. The smallest absolute Gasteiger partial charge is 0.205 e. The van der Waals surface area contributed by atoms with Gasteiger partial charge >= 0.3 is 0 Å². The fourth-order valence-electron chi connectivity index (χ4n) is 3.17. The van der Waals surface area contributed by atoms with Gasteiger partial charge in [-0.3, -0.25) is 4.79 Å². The second kappa shape index (κ2) is 7.06. The number of hydrogen-bond acceptors (Lipinski definition) is 3. The zero-order valence-electron chi connectivity index (χ0n) is 14.3.